The fourth-order valence-corrected chi connectivity index (χ4v) is 7.32. The number of rotatable bonds is 9. The molecule has 1 N–H and O–H groups in total. The second-order valence-corrected chi connectivity index (χ2v) is 12.9. The summed E-state index contributed by atoms with van der Waals surface area (Å²) in [6.07, 6.45) is 0.690. The molecule has 0 amide bonds. The van der Waals surface area contributed by atoms with E-state index in [1.54, 1.807) is 18.0 Å². The largest absolute Gasteiger partial charge is 0.481 e. The Morgan fingerprint density at radius 3 is 2.45 bits per heavy atom. The molecule has 1 saturated carbocycles. The maximum Gasteiger partial charge on any atom is 0.416 e. The van der Waals surface area contributed by atoms with Gasteiger partial charge in [0.05, 0.1) is 18.1 Å². The third kappa shape index (κ3) is 7.42. The van der Waals surface area contributed by atoms with E-state index < -0.39 is 29.3 Å². The molecule has 250 valence electrons. The predicted molar refractivity (Wildman–Crippen MR) is 165 cm³/mol. The smallest absolute Gasteiger partial charge is 0.416 e. The van der Waals surface area contributed by atoms with Crippen LogP contribution in [0.4, 0.5) is 33.7 Å². The molecule has 0 radical (unpaired) electrons. The number of nitrogens with zero attached hydrogens (tertiary/aromatic N) is 7. The molecular formula is C32H33ClF5N7O2. The standard InChI is InChI=1S/C32H33ClF5N7O2/c1-43-41-31(40-42-43)44(16-19-9-23(32(36,37)38)14-24(33)10-19)17-22-12-21-13-25(34)26(35)15-27(21)39-30(22)45-8-2-3-28(45)20-6-4-18(5-7-20)11-29(46)47/h9-10,12-15,18,20,28H,2-8,11,16-17H2,1H3,(H,46,47)/t18?,20?,28-/m1/s1. The van der Waals surface area contributed by atoms with Gasteiger partial charge in [0.25, 0.3) is 5.95 Å². The Bertz CT molecular complexity index is 1780. The molecule has 9 nitrogen and oxygen atoms in total. The molecule has 1 saturated heterocycles. The molecule has 4 aromatic rings. The Morgan fingerprint density at radius 1 is 1.02 bits per heavy atom. The van der Waals surface area contributed by atoms with E-state index >= 15 is 0 Å². The molecule has 2 aliphatic rings. The number of alkyl halides is 3. The number of anilines is 2. The first-order valence-electron chi connectivity index (χ1n) is 15.5. The first kappa shape index (κ1) is 32.9. The average Bonchev–Trinajstić information content (AvgIpc) is 3.66. The third-order valence-electron chi connectivity index (χ3n) is 9.18. The Hall–Kier alpha value is -4.07. The van der Waals surface area contributed by atoms with Crippen LogP contribution in [0.5, 0.6) is 0 Å². The molecule has 6 rings (SSSR count). The molecule has 2 fully saturated rings. The van der Waals surface area contributed by atoms with Gasteiger partial charge in [0.15, 0.2) is 11.6 Å². The second-order valence-electron chi connectivity index (χ2n) is 12.5. The molecule has 1 atom stereocenters. The summed E-state index contributed by atoms with van der Waals surface area (Å²) in [5, 5.41) is 21.9. The lowest BCUT2D eigenvalue weighted by atomic mass is 9.76. The van der Waals surface area contributed by atoms with Crippen molar-refractivity contribution in [1.82, 2.24) is 25.2 Å². The van der Waals surface area contributed by atoms with Crippen LogP contribution in [-0.2, 0) is 31.1 Å². The Morgan fingerprint density at radius 2 is 1.77 bits per heavy atom. The fraction of sp³-hybridized carbons (Fsp3) is 0.469. The van der Waals surface area contributed by atoms with E-state index in [9.17, 15) is 31.9 Å². The molecule has 15 heteroatoms. The topological polar surface area (TPSA) is 100 Å². The van der Waals surface area contributed by atoms with E-state index in [1.165, 1.54) is 10.9 Å². The van der Waals surface area contributed by atoms with Gasteiger partial charge >= 0.3 is 12.1 Å². The maximum atomic E-state index is 14.4. The van der Waals surface area contributed by atoms with Gasteiger partial charge in [-0.1, -0.05) is 16.7 Å². The van der Waals surface area contributed by atoms with Gasteiger partial charge in [-0.2, -0.15) is 18.0 Å². The number of halogens is 6. The van der Waals surface area contributed by atoms with E-state index in [0.717, 1.165) is 62.8 Å². The molecule has 0 spiro atoms. The van der Waals surface area contributed by atoms with Gasteiger partial charge in [-0.15, -0.1) is 5.10 Å². The van der Waals surface area contributed by atoms with E-state index in [4.69, 9.17) is 16.6 Å². The van der Waals surface area contributed by atoms with Crippen molar-refractivity contribution in [1.29, 1.82) is 0 Å². The first-order valence-corrected chi connectivity index (χ1v) is 15.8. The highest BCUT2D eigenvalue weighted by atomic mass is 35.5. The summed E-state index contributed by atoms with van der Waals surface area (Å²) < 4.78 is 69.7. The van der Waals surface area contributed by atoms with Crippen LogP contribution in [0.2, 0.25) is 5.02 Å². The van der Waals surface area contributed by atoms with Crippen LogP contribution >= 0.6 is 11.6 Å². The van der Waals surface area contributed by atoms with Crippen molar-refractivity contribution in [2.45, 2.75) is 70.3 Å². The van der Waals surface area contributed by atoms with Crippen molar-refractivity contribution >= 4 is 40.2 Å². The number of aryl methyl sites for hydroxylation is 1. The molecule has 0 bridgehead atoms. The number of carboxylic acids is 1. The van der Waals surface area contributed by atoms with E-state index in [0.29, 0.717) is 29.2 Å². The van der Waals surface area contributed by atoms with Crippen molar-refractivity contribution < 1.29 is 31.9 Å². The zero-order chi connectivity index (χ0) is 33.5. The SMILES string of the molecule is Cn1nnc(N(Cc2cc(Cl)cc(C(F)(F)F)c2)Cc2cc3cc(F)c(F)cc3nc2N2CCC[C@@H]2C2CCC(CC(=O)O)CC2)n1. The van der Waals surface area contributed by atoms with Crippen molar-refractivity contribution in [2.75, 3.05) is 16.3 Å². The van der Waals surface area contributed by atoms with E-state index in [1.807, 2.05) is 0 Å². The van der Waals surface area contributed by atoms with Crippen molar-refractivity contribution in [2.24, 2.45) is 18.9 Å². The maximum absolute atomic E-state index is 14.4. The number of pyridine rings is 1. The first-order chi connectivity index (χ1) is 22.3. The monoisotopic (exact) mass is 677 g/mol. The minimum atomic E-state index is -4.61. The number of carboxylic acid groups (broad SMARTS) is 1. The van der Waals surface area contributed by atoms with Crippen LogP contribution in [0.3, 0.4) is 0 Å². The molecule has 1 aliphatic carbocycles. The Balaban J connectivity index is 1.38. The number of benzene rings is 2. The summed E-state index contributed by atoms with van der Waals surface area (Å²) >= 11 is 6.10. The van der Waals surface area contributed by atoms with Crippen molar-refractivity contribution in [3.05, 3.63) is 69.7 Å². The summed E-state index contributed by atoms with van der Waals surface area (Å²) in [5.74, 6) is -1.70. The third-order valence-corrected chi connectivity index (χ3v) is 9.40. The lowest BCUT2D eigenvalue weighted by Gasteiger charge is -2.38. The fourth-order valence-electron chi connectivity index (χ4n) is 7.07. The number of hydrogen-bond acceptors (Lipinski definition) is 7. The van der Waals surface area contributed by atoms with Crippen LogP contribution in [0, 0.1) is 23.5 Å². The summed E-state index contributed by atoms with van der Waals surface area (Å²) in [6, 6.07) is 7.28. The van der Waals surface area contributed by atoms with Gasteiger partial charge < -0.3 is 14.9 Å². The molecule has 2 aromatic heterocycles. The lowest BCUT2D eigenvalue weighted by Crippen LogP contribution is -2.39. The van der Waals surface area contributed by atoms with Gasteiger partial charge in [-0.25, -0.2) is 13.8 Å². The molecule has 2 aromatic carbocycles. The minimum Gasteiger partial charge on any atom is -0.481 e. The van der Waals surface area contributed by atoms with Crippen LogP contribution < -0.4 is 9.80 Å². The minimum absolute atomic E-state index is 0.0609. The van der Waals surface area contributed by atoms with Gasteiger partial charge in [0, 0.05) is 54.1 Å². The van der Waals surface area contributed by atoms with Crippen LogP contribution in [0.25, 0.3) is 10.9 Å². The van der Waals surface area contributed by atoms with Gasteiger partial charge in [0.1, 0.15) is 5.82 Å². The highest BCUT2D eigenvalue weighted by Gasteiger charge is 2.37. The zero-order valence-corrected chi connectivity index (χ0v) is 26.3. The summed E-state index contributed by atoms with van der Waals surface area (Å²) in [6.45, 7) is 0.661. The van der Waals surface area contributed by atoms with E-state index in [2.05, 4.69) is 20.3 Å². The van der Waals surface area contributed by atoms with Gasteiger partial charge in [-0.05, 0) is 91.5 Å². The average molecular weight is 678 g/mol. The number of hydrogen-bond donors (Lipinski definition) is 1. The van der Waals surface area contributed by atoms with Gasteiger partial charge in [0.2, 0.25) is 0 Å². The quantitative estimate of drug-likeness (QED) is 0.186. The summed E-state index contributed by atoms with van der Waals surface area (Å²) in [5.41, 5.74) is 0.265. The summed E-state index contributed by atoms with van der Waals surface area (Å²) in [4.78, 5) is 21.2. The zero-order valence-electron chi connectivity index (χ0n) is 25.5. The van der Waals surface area contributed by atoms with Crippen LogP contribution in [-0.4, -0.2) is 48.9 Å². The van der Waals surface area contributed by atoms with Gasteiger partial charge in [-0.3, -0.25) is 4.79 Å². The number of aliphatic carboxylic acids is 1. The van der Waals surface area contributed by atoms with Crippen LogP contribution in [0.1, 0.15) is 61.6 Å². The van der Waals surface area contributed by atoms with Crippen LogP contribution in [0.15, 0.2) is 36.4 Å². The predicted octanol–water partition coefficient (Wildman–Crippen LogP) is 7.17. The molecular weight excluding hydrogens is 645 g/mol. The van der Waals surface area contributed by atoms with Crippen molar-refractivity contribution in [3.8, 4) is 0 Å². The Kier molecular flexibility index (Phi) is 9.23. The second kappa shape index (κ2) is 13.2. The molecule has 0 unspecified atom stereocenters. The molecule has 3 heterocycles. The molecule has 47 heavy (non-hydrogen) atoms. The number of carbonyl (C=O) groups is 1. The molecule has 1 aliphatic heterocycles. The number of tetrazole rings is 1. The normalized spacial score (nSPS) is 20.2. The highest BCUT2D eigenvalue weighted by molar-refractivity contribution is 6.30. The van der Waals surface area contributed by atoms with Crippen molar-refractivity contribution in [3.63, 3.8) is 0 Å². The highest BCUT2D eigenvalue weighted by Crippen LogP contribution is 2.41. The summed E-state index contributed by atoms with van der Waals surface area (Å²) in [7, 11) is 1.57. The Labute approximate surface area is 272 Å². The number of fused-ring (bicyclic) bond motifs is 1. The van der Waals surface area contributed by atoms with E-state index in [-0.39, 0.29) is 53.5 Å². The number of aromatic nitrogens is 5. The lowest BCUT2D eigenvalue weighted by molar-refractivity contribution is -0.139.